The van der Waals surface area contributed by atoms with Crippen molar-refractivity contribution in [2.75, 3.05) is 39.6 Å². The standard InChI is InChI=1S/C83H140O16P2/c1-4-7-10-13-16-19-22-25-28-30-32-34-36-37-38-39-41-43-44-46-49-51-54-57-60-63-66-69-81(86)93-72-78(84)73-95-100(89,90)96-74-79(85)75-97-101(91,92)98-77-80(99-83(88)71-68-65-62-59-56-53-48-27-24-21-18-15-12-9-6-3)76-94-82(87)70-67-64-61-58-55-52-50-47-45-42-40-35-33-31-29-26-23-20-17-14-11-8-5-2/h7-8,10-11,16-21,25-29,32-35,37-38,42,45,48,78-80,84-85H,4-6,9,12-15,22-24,30-31,36,39-41,43-44,46-47,49-77H2,1-3H3,(H,89,90)(H,91,92)/b10-7-,11-8-,19-16-,20-17-,21-18-,28-25-,29-26-,34-32-,35-33-,38-37-,45-42-,48-27-. The second-order valence-electron chi connectivity index (χ2n) is 25.7. The van der Waals surface area contributed by atoms with Crippen molar-refractivity contribution < 1.29 is 75.8 Å². The maximum atomic E-state index is 13.0. The van der Waals surface area contributed by atoms with Crippen LogP contribution in [0, 0.1) is 0 Å². The van der Waals surface area contributed by atoms with Crippen LogP contribution in [0.4, 0.5) is 0 Å². The smallest absolute Gasteiger partial charge is 0.463 e. The van der Waals surface area contributed by atoms with E-state index in [1.807, 2.05) is 0 Å². The summed E-state index contributed by atoms with van der Waals surface area (Å²) in [6, 6.07) is 0. The second-order valence-corrected chi connectivity index (χ2v) is 28.7. The predicted molar refractivity (Wildman–Crippen MR) is 417 cm³/mol. The third kappa shape index (κ3) is 76.4. The number of carbonyl (C=O) groups is 3. The highest BCUT2D eigenvalue weighted by atomic mass is 31.2. The van der Waals surface area contributed by atoms with Gasteiger partial charge in [0.25, 0.3) is 0 Å². The van der Waals surface area contributed by atoms with Crippen LogP contribution in [-0.4, -0.2) is 95.9 Å². The van der Waals surface area contributed by atoms with E-state index < -0.39 is 91.5 Å². The number of ether oxygens (including phenoxy) is 3. The Kier molecular flexibility index (Phi) is 71.7. The van der Waals surface area contributed by atoms with Crippen LogP contribution < -0.4 is 0 Å². The number of allylic oxidation sites excluding steroid dienone is 24. The van der Waals surface area contributed by atoms with Crippen molar-refractivity contribution in [1.82, 2.24) is 0 Å². The molecule has 0 saturated heterocycles. The van der Waals surface area contributed by atoms with E-state index in [0.717, 1.165) is 180 Å². The van der Waals surface area contributed by atoms with E-state index in [2.05, 4.69) is 167 Å². The van der Waals surface area contributed by atoms with E-state index in [1.165, 1.54) is 64.2 Å². The summed E-state index contributed by atoms with van der Waals surface area (Å²) in [6.07, 6.45) is 91.7. The molecular formula is C83H140O16P2. The molecule has 0 aromatic heterocycles. The van der Waals surface area contributed by atoms with Gasteiger partial charge < -0.3 is 34.2 Å². The molecule has 0 aliphatic rings. The molecule has 0 aromatic rings. The number of phosphoric ester groups is 2. The van der Waals surface area contributed by atoms with E-state index in [0.29, 0.717) is 19.3 Å². The van der Waals surface area contributed by atoms with Crippen LogP contribution in [0.15, 0.2) is 146 Å². The molecule has 0 spiro atoms. The van der Waals surface area contributed by atoms with Crippen molar-refractivity contribution in [3.05, 3.63) is 146 Å². The topological polar surface area (TPSA) is 231 Å². The van der Waals surface area contributed by atoms with Gasteiger partial charge in [-0.25, -0.2) is 9.13 Å². The van der Waals surface area contributed by atoms with E-state index in [-0.39, 0.29) is 19.3 Å². The first-order valence-corrected chi connectivity index (χ1v) is 42.1. The maximum absolute atomic E-state index is 13.0. The van der Waals surface area contributed by atoms with Gasteiger partial charge in [-0.1, -0.05) is 289 Å². The normalized spacial score (nSPS) is 14.8. The van der Waals surface area contributed by atoms with Crippen molar-refractivity contribution in [3.8, 4) is 0 Å². The number of unbranched alkanes of at least 4 members (excludes halogenated alkanes) is 26. The second kappa shape index (κ2) is 75.1. The Morgan fingerprint density at radius 2 is 0.525 bits per heavy atom. The highest BCUT2D eigenvalue weighted by Gasteiger charge is 2.29. The molecule has 0 fully saturated rings. The SMILES string of the molecule is CC/C=C\C/C=C\C/C=C\C/C=C\C/C=C\CCCCCCCCCCCCCC(=O)OCC(O)COP(=O)(O)OCC(O)COP(=O)(O)OCC(COC(=O)CCCCCCCCC/C=C\C/C=C\C/C=C\C/C=C\C/C=C\CC)OC(=O)CCCCCCC/C=C\C/C=C\CCCCC. The number of hydrogen-bond acceptors (Lipinski definition) is 14. The van der Waals surface area contributed by atoms with E-state index >= 15 is 0 Å². The average Bonchev–Trinajstić information content (AvgIpc) is 0.951. The van der Waals surface area contributed by atoms with Crippen LogP contribution in [0.2, 0.25) is 0 Å². The van der Waals surface area contributed by atoms with Gasteiger partial charge in [0.1, 0.15) is 25.4 Å². The molecule has 18 heteroatoms. The first-order chi connectivity index (χ1) is 49.2. The quantitative estimate of drug-likeness (QED) is 0.0146. The number of hydrogen-bond donors (Lipinski definition) is 4. The summed E-state index contributed by atoms with van der Waals surface area (Å²) in [6.45, 7) is 2.40. The fraction of sp³-hybridized carbons (Fsp3) is 0.675. The highest BCUT2D eigenvalue weighted by Crippen LogP contribution is 2.45. The number of aliphatic hydroxyl groups excluding tert-OH is 2. The van der Waals surface area contributed by atoms with Gasteiger partial charge in [0.05, 0.1) is 26.4 Å². The number of carbonyl (C=O) groups excluding carboxylic acids is 3. The Balaban J connectivity index is 4.59. The molecular weight excluding hydrogens is 1310 g/mol. The molecule has 0 aromatic carbocycles. The van der Waals surface area contributed by atoms with Gasteiger partial charge in [-0.05, 0) is 141 Å². The Labute approximate surface area is 613 Å². The zero-order valence-corrected chi connectivity index (χ0v) is 64.8. The molecule has 16 nitrogen and oxygen atoms in total. The van der Waals surface area contributed by atoms with Crippen molar-refractivity contribution in [2.45, 2.75) is 322 Å². The molecule has 0 heterocycles. The molecule has 0 rings (SSSR count). The van der Waals surface area contributed by atoms with Gasteiger partial charge in [-0.3, -0.25) is 32.5 Å². The zero-order chi connectivity index (χ0) is 73.7. The summed E-state index contributed by atoms with van der Waals surface area (Å²) in [5.41, 5.74) is 0. The average molecular weight is 1460 g/mol. The molecule has 0 aliphatic carbocycles. The van der Waals surface area contributed by atoms with Gasteiger partial charge in [-0.15, -0.1) is 0 Å². The Hall–Kier alpha value is -4.57. The monoisotopic (exact) mass is 1450 g/mol. The predicted octanol–water partition coefficient (Wildman–Crippen LogP) is 22.9. The molecule has 4 N–H and O–H groups in total. The molecule has 0 amide bonds. The number of esters is 3. The number of rotatable bonds is 73. The van der Waals surface area contributed by atoms with Crippen LogP contribution in [0.5, 0.6) is 0 Å². The lowest BCUT2D eigenvalue weighted by Crippen LogP contribution is -2.30. The lowest BCUT2D eigenvalue weighted by Gasteiger charge is -2.21. The first kappa shape index (κ1) is 96.4. The molecule has 578 valence electrons. The first-order valence-electron chi connectivity index (χ1n) is 39.1. The van der Waals surface area contributed by atoms with Crippen molar-refractivity contribution in [3.63, 3.8) is 0 Å². The minimum atomic E-state index is -4.94. The molecule has 0 bridgehead atoms. The Morgan fingerprint density at radius 1 is 0.287 bits per heavy atom. The van der Waals surface area contributed by atoms with E-state index in [9.17, 15) is 43.5 Å². The van der Waals surface area contributed by atoms with Crippen molar-refractivity contribution >= 4 is 33.6 Å². The summed E-state index contributed by atoms with van der Waals surface area (Å²) in [7, 11) is -9.80. The Morgan fingerprint density at radius 3 is 0.832 bits per heavy atom. The maximum Gasteiger partial charge on any atom is 0.472 e. The minimum Gasteiger partial charge on any atom is -0.463 e. The van der Waals surface area contributed by atoms with Gasteiger partial charge >= 0.3 is 33.6 Å². The molecule has 101 heavy (non-hydrogen) atoms. The molecule has 5 unspecified atom stereocenters. The number of aliphatic hydroxyl groups is 2. The summed E-state index contributed by atoms with van der Waals surface area (Å²) < 4.78 is 61.1. The third-order valence-corrected chi connectivity index (χ3v) is 17.9. The van der Waals surface area contributed by atoms with Crippen LogP contribution in [0.1, 0.15) is 303 Å². The van der Waals surface area contributed by atoms with Crippen LogP contribution >= 0.6 is 15.6 Å². The highest BCUT2D eigenvalue weighted by molar-refractivity contribution is 7.47. The lowest BCUT2D eigenvalue weighted by atomic mass is 10.0. The van der Waals surface area contributed by atoms with Crippen LogP contribution in [0.25, 0.3) is 0 Å². The lowest BCUT2D eigenvalue weighted by molar-refractivity contribution is -0.161. The van der Waals surface area contributed by atoms with Gasteiger partial charge in [0.2, 0.25) is 0 Å². The van der Waals surface area contributed by atoms with Crippen LogP contribution in [-0.2, 0) is 55.8 Å². The summed E-state index contributed by atoms with van der Waals surface area (Å²) >= 11 is 0. The molecule has 0 radical (unpaired) electrons. The van der Waals surface area contributed by atoms with Crippen LogP contribution in [0.3, 0.4) is 0 Å². The minimum absolute atomic E-state index is 0.0824. The van der Waals surface area contributed by atoms with Crippen molar-refractivity contribution in [1.29, 1.82) is 0 Å². The summed E-state index contributed by atoms with van der Waals surface area (Å²) in [5.74, 6) is -1.61. The molecule has 5 atom stereocenters. The van der Waals surface area contributed by atoms with Gasteiger partial charge in [0, 0.05) is 19.3 Å². The Bertz CT molecular complexity index is 2420. The zero-order valence-electron chi connectivity index (χ0n) is 63.0. The van der Waals surface area contributed by atoms with Gasteiger partial charge in [0.15, 0.2) is 6.10 Å². The van der Waals surface area contributed by atoms with E-state index in [1.54, 1.807) is 0 Å². The fourth-order valence-corrected chi connectivity index (χ4v) is 11.7. The van der Waals surface area contributed by atoms with E-state index in [4.69, 9.17) is 32.3 Å². The summed E-state index contributed by atoms with van der Waals surface area (Å²) in [5, 5.41) is 20.6. The van der Waals surface area contributed by atoms with Gasteiger partial charge in [-0.2, -0.15) is 0 Å². The largest absolute Gasteiger partial charge is 0.472 e. The number of phosphoric acid groups is 2. The van der Waals surface area contributed by atoms with Crippen molar-refractivity contribution in [2.24, 2.45) is 0 Å². The molecule has 0 saturated carbocycles. The molecule has 0 aliphatic heterocycles. The third-order valence-electron chi connectivity index (χ3n) is 16.0. The fourth-order valence-electron chi connectivity index (χ4n) is 10.1. The summed E-state index contributed by atoms with van der Waals surface area (Å²) in [4.78, 5) is 58.6.